The summed E-state index contributed by atoms with van der Waals surface area (Å²) in [7, 11) is 1.35. The molecule has 37 heavy (non-hydrogen) atoms. The molecule has 1 fully saturated rings. The van der Waals surface area contributed by atoms with Crippen LogP contribution in [-0.2, 0) is 20.8 Å². The maximum atomic E-state index is 13.9. The average Bonchev–Trinajstić information content (AvgIpc) is 2.95. The Kier molecular flexibility index (Phi) is 9.34. The number of hydrogen-bond donors (Lipinski definition) is 2. The van der Waals surface area contributed by atoms with E-state index in [0.717, 1.165) is 17.8 Å². The molecule has 0 bridgehead atoms. The Bertz CT molecular complexity index is 1200. The summed E-state index contributed by atoms with van der Waals surface area (Å²) < 4.78 is 10.5. The molecular weight excluding hydrogens is 470 g/mol. The molecule has 0 saturated carbocycles. The molecular formula is C28H31N5O4. The first kappa shape index (κ1) is 26.0. The second-order valence-electron chi connectivity index (χ2n) is 8.47. The molecule has 2 aromatic carbocycles. The van der Waals surface area contributed by atoms with Crippen molar-refractivity contribution in [2.75, 3.05) is 38.7 Å². The molecule has 1 atom stereocenters. The SMILES string of the molecule is COC(=O)C/C=C/CN(Cc1ccccc1)C(=O)c1cnc(C2CNCCO2)nc1Nc1ccccc1. The fraction of sp³-hybridized carbons (Fsp3) is 0.286. The summed E-state index contributed by atoms with van der Waals surface area (Å²) in [5, 5.41) is 6.57. The topological polar surface area (TPSA) is 106 Å². The summed E-state index contributed by atoms with van der Waals surface area (Å²) in [5.41, 5.74) is 2.12. The molecule has 1 saturated heterocycles. The number of aromatic nitrogens is 2. The van der Waals surface area contributed by atoms with Crippen molar-refractivity contribution in [3.8, 4) is 0 Å². The van der Waals surface area contributed by atoms with Crippen LogP contribution in [0.5, 0.6) is 0 Å². The van der Waals surface area contributed by atoms with Crippen molar-refractivity contribution in [3.05, 3.63) is 96.0 Å². The minimum Gasteiger partial charge on any atom is -0.469 e. The number of para-hydroxylation sites is 1. The zero-order valence-corrected chi connectivity index (χ0v) is 20.8. The summed E-state index contributed by atoms with van der Waals surface area (Å²) in [6.45, 7) is 2.62. The smallest absolute Gasteiger partial charge is 0.309 e. The number of morpholine rings is 1. The van der Waals surface area contributed by atoms with Crippen molar-refractivity contribution in [2.24, 2.45) is 0 Å². The van der Waals surface area contributed by atoms with E-state index in [9.17, 15) is 9.59 Å². The van der Waals surface area contributed by atoms with E-state index < -0.39 is 0 Å². The molecule has 1 aliphatic heterocycles. The predicted octanol–water partition coefficient (Wildman–Crippen LogP) is 3.64. The first-order valence-corrected chi connectivity index (χ1v) is 12.2. The molecule has 1 aliphatic rings. The summed E-state index contributed by atoms with van der Waals surface area (Å²) in [6.07, 6.45) is 4.89. The average molecular weight is 502 g/mol. The summed E-state index contributed by atoms with van der Waals surface area (Å²) in [5.74, 6) is 0.343. The lowest BCUT2D eigenvalue weighted by molar-refractivity contribution is -0.139. The van der Waals surface area contributed by atoms with Crippen LogP contribution in [0.3, 0.4) is 0 Å². The Labute approximate surface area is 216 Å². The minimum absolute atomic E-state index is 0.137. The highest BCUT2D eigenvalue weighted by atomic mass is 16.5. The Morgan fingerprint density at radius 1 is 1.14 bits per heavy atom. The molecule has 0 spiro atoms. The van der Waals surface area contributed by atoms with Crippen molar-refractivity contribution < 1.29 is 19.1 Å². The van der Waals surface area contributed by atoms with Crippen LogP contribution in [0.4, 0.5) is 11.5 Å². The number of nitrogens with zero attached hydrogens (tertiary/aromatic N) is 3. The summed E-state index contributed by atoms with van der Waals surface area (Å²) in [4.78, 5) is 36.3. The van der Waals surface area contributed by atoms with Crippen LogP contribution in [0.25, 0.3) is 0 Å². The Morgan fingerprint density at radius 2 is 1.89 bits per heavy atom. The zero-order chi connectivity index (χ0) is 25.9. The second kappa shape index (κ2) is 13.3. The number of carbonyl (C=O) groups excluding carboxylic acids is 2. The number of anilines is 2. The van der Waals surface area contributed by atoms with E-state index in [2.05, 4.69) is 15.6 Å². The molecule has 4 rings (SSSR count). The lowest BCUT2D eigenvalue weighted by atomic mass is 10.1. The molecule has 9 heteroatoms. The van der Waals surface area contributed by atoms with Crippen molar-refractivity contribution in [3.63, 3.8) is 0 Å². The van der Waals surface area contributed by atoms with Crippen molar-refractivity contribution in [1.29, 1.82) is 0 Å². The van der Waals surface area contributed by atoms with E-state index in [4.69, 9.17) is 14.5 Å². The monoisotopic (exact) mass is 501 g/mol. The third kappa shape index (κ3) is 7.45. The number of esters is 1. The first-order valence-electron chi connectivity index (χ1n) is 12.2. The van der Waals surface area contributed by atoms with E-state index in [-0.39, 0.29) is 24.4 Å². The molecule has 1 amide bonds. The summed E-state index contributed by atoms with van der Waals surface area (Å²) >= 11 is 0. The van der Waals surface area contributed by atoms with Crippen LogP contribution >= 0.6 is 0 Å². The predicted molar refractivity (Wildman–Crippen MR) is 140 cm³/mol. The van der Waals surface area contributed by atoms with Gasteiger partial charge in [-0.2, -0.15) is 0 Å². The van der Waals surface area contributed by atoms with E-state index in [1.165, 1.54) is 7.11 Å². The van der Waals surface area contributed by atoms with Crippen LogP contribution in [0.2, 0.25) is 0 Å². The largest absolute Gasteiger partial charge is 0.469 e. The molecule has 192 valence electrons. The number of ether oxygens (including phenoxy) is 2. The molecule has 1 aromatic heterocycles. The summed E-state index contributed by atoms with van der Waals surface area (Å²) in [6, 6.07) is 19.3. The van der Waals surface area contributed by atoms with Crippen LogP contribution in [0, 0.1) is 0 Å². The van der Waals surface area contributed by atoms with Gasteiger partial charge in [-0.3, -0.25) is 9.59 Å². The molecule has 1 unspecified atom stereocenters. The van der Waals surface area contributed by atoms with E-state index in [1.54, 1.807) is 23.2 Å². The highest BCUT2D eigenvalue weighted by molar-refractivity contribution is 5.99. The Hall–Kier alpha value is -4.08. The fourth-order valence-electron chi connectivity index (χ4n) is 3.85. The molecule has 0 radical (unpaired) electrons. The molecule has 3 aromatic rings. The van der Waals surface area contributed by atoms with E-state index in [1.807, 2.05) is 60.7 Å². The van der Waals surface area contributed by atoms with Gasteiger partial charge in [0.1, 0.15) is 17.5 Å². The van der Waals surface area contributed by atoms with Crippen LogP contribution in [0.15, 0.2) is 79.0 Å². The Balaban J connectivity index is 1.64. The van der Waals surface area contributed by atoms with Crippen molar-refractivity contribution in [1.82, 2.24) is 20.2 Å². The van der Waals surface area contributed by atoms with Gasteiger partial charge in [0, 0.05) is 38.1 Å². The number of hydrogen-bond acceptors (Lipinski definition) is 8. The van der Waals surface area contributed by atoms with Gasteiger partial charge in [0.15, 0.2) is 5.82 Å². The number of amides is 1. The standard InChI is InChI=1S/C28H31N5O4/c1-36-25(34)14-8-9-16-33(20-21-10-4-2-5-11-21)28(35)23-18-30-27(24-19-29-15-17-37-24)32-26(23)31-22-12-6-3-7-13-22/h2-13,18,24,29H,14-17,19-20H2,1H3,(H,30,31,32)/b9-8+. The third-order valence-electron chi connectivity index (χ3n) is 5.80. The highest BCUT2D eigenvalue weighted by Crippen LogP contribution is 2.24. The van der Waals surface area contributed by atoms with Gasteiger partial charge in [0.2, 0.25) is 0 Å². The van der Waals surface area contributed by atoms with Gasteiger partial charge in [-0.15, -0.1) is 0 Å². The van der Waals surface area contributed by atoms with Gasteiger partial charge in [0.05, 0.1) is 20.1 Å². The van der Waals surface area contributed by atoms with Crippen LogP contribution in [-0.4, -0.2) is 60.1 Å². The van der Waals surface area contributed by atoms with Gasteiger partial charge in [-0.25, -0.2) is 9.97 Å². The Morgan fingerprint density at radius 3 is 2.59 bits per heavy atom. The maximum Gasteiger partial charge on any atom is 0.309 e. The van der Waals surface area contributed by atoms with Gasteiger partial charge in [-0.1, -0.05) is 60.7 Å². The maximum absolute atomic E-state index is 13.9. The second-order valence-corrected chi connectivity index (χ2v) is 8.47. The van der Waals surface area contributed by atoms with Crippen LogP contribution < -0.4 is 10.6 Å². The third-order valence-corrected chi connectivity index (χ3v) is 5.80. The van der Waals surface area contributed by atoms with Gasteiger partial charge >= 0.3 is 5.97 Å². The van der Waals surface area contributed by atoms with Gasteiger partial charge in [0.25, 0.3) is 5.91 Å². The van der Waals surface area contributed by atoms with E-state index in [0.29, 0.717) is 43.4 Å². The molecule has 9 nitrogen and oxygen atoms in total. The van der Waals surface area contributed by atoms with Gasteiger partial charge < -0.3 is 25.0 Å². The zero-order valence-electron chi connectivity index (χ0n) is 20.8. The highest BCUT2D eigenvalue weighted by Gasteiger charge is 2.24. The lowest BCUT2D eigenvalue weighted by Gasteiger charge is -2.25. The quantitative estimate of drug-likeness (QED) is 0.320. The molecule has 2 heterocycles. The molecule has 0 aliphatic carbocycles. The van der Waals surface area contributed by atoms with Crippen LogP contribution in [0.1, 0.15) is 34.3 Å². The number of carbonyl (C=O) groups is 2. The van der Waals surface area contributed by atoms with Crippen molar-refractivity contribution in [2.45, 2.75) is 19.1 Å². The number of rotatable bonds is 10. The number of methoxy groups -OCH3 is 1. The number of nitrogens with one attached hydrogen (secondary N) is 2. The van der Waals surface area contributed by atoms with E-state index >= 15 is 0 Å². The van der Waals surface area contributed by atoms with Crippen molar-refractivity contribution >= 4 is 23.4 Å². The lowest BCUT2D eigenvalue weighted by Crippen LogP contribution is -2.35. The number of benzene rings is 2. The molecule has 2 N–H and O–H groups in total. The first-order chi connectivity index (χ1) is 18.1. The fourth-order valence-corrected chi connectivity index (χ4v) is 3.85. The van der Waals surface area contributed by atoms with Gasteiger partial charge in [-0.05, 0) is 17.7 Å². The minimum atomic E-state index is -0.338. The normalized spacial score (nSPS) is 15.3.